The van der Waals surface area contributed by atoms with Gasteiger partial charge in [0, 0.05) is 12.6 Å². The van der Waals surface area contributed by atoms with Crippen LogP contribution in [-0.2, 0) is 6.42 Å². The van der Waals surface area contributed by atoms with E-state index in [0.717, 1.165) is 45.4 Å². The molecule has 0 aliphatic heterocycles. The highest BCUT2D eigenvalue weighted by Crippen LogP contribution is 2.31. The molecule has 108 valence electrons. The van der Waals surface area contributed by atoms with Crippen molar-refractivity contribution in [2.75, 3.05) is 12.4 Å². The van der Waals surface area contributed by atoms with Crippen molar-refractivity contribution in [2.24, 2.45) is 0 Å². The summed E-state index contributed by atoms with van der Waals surface area (Å²) >= 11 is 1.55. The van der Waals surface area contributed by atoms with E-state index in [4.69, 9.17) is 0 Å². The van der Waals surface area contributed by atoms with E-state index in [2.05, 4.69) is 32.2 Å². The summed E-state index contributed by atoms with van der Waals surface area (Å²) in [6.45, 7) is 2.15. The third kappa shape index (κ3) is 2.85. The lowest BCUT2D eigenvalue weighted by Gasteiger charge is -2.10. The Hall–Kier alpha value is -2.08. The van der Waals surface area contributed by atoms with Crippen molar-refractivity contribution in [2.45, 2.75) is 29.9 Å². The number of benzene rings is 1. The van der Waals surface area contributed by atoms with Gasteiger partial charge in [0.1, 0.15) is 17.2 Å². The van der Waals surface area contributed by atoms with E-state index in [-0.39, 0.29) is 0 Å². The summed E-state index contributed by atoms with van der Waals surface area (Å²) in [7, 11) is 1.89. The van der Waals surface area contributed by atoms with Gasteiger partial charge in [-0.25, -0.2) is 15.0 Å². The number of H-pyrrole nitrogens is 1. The van der Waals surface area contributed by atoms with Crippen LogP contribution in [0.1, 0.15) is 18.9 Å². The molecule has 1 aromatic carbocycles. The third-order valence-electron chi connectivity index (χ3n) is 3.20. The van der Waals surface area contributed by atoms with Gasteiger partial charge in [0.15, 0.2) is 5.16 Å². The van der Waals surface area contributed by atoms with Crippen molar-refractivity contribution >= 4 is 28.6 Å². The summed E-state index contributed by atoms with van der Waals surface area (Å²) < 4.78 is 0. The molecule has 0 fully saturated rings. The minimum atomic E-state index is 0.856. The zero-order valence-corrected chi connectivity index (χ0v) is 12.9. The first kappa shape index (κ1) is 13.9. The minimum Gasteiger partial charge on any atom is -0.373 e. The van der Waals surface area contributed by atoms with E-state index in [9.17, 15) is 0 Å². The average molecular weight is 299 g/mol. The molecule has 0 amide bonds. The lowest BCUT2D eigenvalue weighted by atomic mass is 10.2. The van der Waals surface area contributed by atoms with Crippen LogP contribution in [0.25, 0.3) is 11.0 Å². The van der Waals surface area contributed by atoms with Crippen LogP contribution >= 0.6 is 11.8 Å². The Morgan fingerprint density at radius 1 is 1.24 bits per heavy atom. The molecule has 5 nitrogen and oxygen atoms in total. The first-order valence-electron chi connectivity index (χ1n) is 6.96. The number of nitrogens with one attached hydrogen (secondary N) is 2. The lowest BCUT2D eigenvalue weighted by Crippen LogP contribution is -2.02. The van der Waals surface area contributed by atoms with Gasteiger partial charge < -0.3 is 10.3 Å². The molecule has 0 bridgehead atoms. The van der Waals surface area contributed by atoms with Gasteiger partial charge >= 0.3 is 0 Å². The van der Waals surface area contributed by atoms with Crippen LogP contribution in [0.3, 0.4) is 0 Å². The van der Waals surface area contributed by atoms with Gasteiger partial charge in [-0.15, -0.1) is 0 Å². The maximum Gasteiger partial charge on any atom is 0.172 e. The third-order valence-corrected chi connectivity index (χ3v) is 4.14. The van der Waals surface area contributed by atoms with Crippen molar-refractivity contribution < 1.29 is 0 Å². The lowest BCUT2D eigenvalue weighted by molar-refractivity contribution is 0.856. The molecule has 0 atom stereocenters. The number of imidazole rings is 1. The van der Waals surface area contributed by atoms with Gasteiger partial charge in [-0.3, -0.25) is 0 Å². The Labute approximate surface area is 127 Å². The van der Waals surface area contributed by atoms with Crippen LogP contribution in [-0.4, -0.2) is 27.0 Å². The molecule has 0 saturated carbocycles. The van der Waals surface area contributed by atoms with Crippen LogP contribution in [0.2, 0.25) is 0 Å². The Bertz CT molecular complexity index is 720. The fourth-order valence-electron chi connectivity index (χ4n) is 2.24. The highest BCUT2D eigenvalue weighted by atomic mass is 32.2. The van der Waals surface area contributed by atoms with Gasteiger partial charge in [-0.05, 0) is 30.3 Å². The first-order chi connectivity index (χ1) is 10.3. The minimum absolute atomic E-state index is 0.856. The number of fused-ring (bicyclic) bond motifs is 1. The summed E-state index contributed by atoms with van der Waals surface area (Å²) in [5.41, 5.74) is 3.16. The summed E-state index contributed by atoms with van der Waals surface area (Å²) in [5.74, 6) is 0.894. The number of para-hydroxylation sites is 2. The Morgan fingerprint density at radius 2 is 2.10 bits per heavy atom. The summed E-state index contributed by atoms with van der Waals surface area (Å²) in [4.78, 5) is 16.6. The Morgan fingerprint density at radius 3 is 2.86 bits per heavy atom. The molecule has 0 aliphatic carbocycles. The monoisotopic (exact) mass is 299 g/mol. The standard InChI is InChI=1S/C15H17N5S/c1-3-6-10-13(16-2)17-9-18-14(10)21-15-19-11-7-4-5-8-12(11)20-15/h4-5,7-9H,3,6H2,1-2H3,(H,19,20)(H,16,17,18). The molecule has 2 heterocycles. The molecule has 6 heteroatoms. The second-order valence-corrected chi connectivity index (χ2v) is 5.64. The maximum atomic E-state index is 4.59. The smallest absolute Gasteiger partial charge is 0.172 e. The van der Waals surface area contributed by atoms with Gasteiger partial charge in [-0.1, -0.05) is 25.5 Å². The van der Waals surface area contributed by atoms with Crippen molar-refractivity contribution in [3.05, 3.63) is 36.2 Å². The predicted octanol–water partition coefficient (Wildman–Crippen LogP) is 3.50. The summed E-state index contributed by atoms with van der Waals surface area (Å²) in [6.07, 6.45) is 3.59. The number of aromatic amines is 1. The number of nitrogens with zero attached hydrogens (tertiary/aromatic N) is 3. The fourth-order valence-corrected chi connectivity index (χ4v) is 3.15. The van der Waals surface area contributed by atoms with E-state index in [1.165, 1.54) is 0 Å². The molecule has 0 aliphatic rings. The van der Waals surface area contributed by atoms with Crippen molar-refractivity contribution in [3.8, 4) is 0 Å². The average Bonchev–Trinajstić information content (AvgIpc) is 2.91. The molecule has 2 aromatic heterocycles. The number of aromatic nitrogens is 4. The SMILES string of the molecule is CCCc1c(NC)ncnc1Sc1nc2ccccc2[nH]1. The first-order valence-corrected chi connectivity index (χ1v) is 7.77. The Balaban J connectivity index is 1.96. The van der Waals surface area contributed by atoms with E-state index >= 15 is 0 Å². The second kappa shape index (κ2) is 6.13. The Kier molecular flexibility index (Phi) is 4.06. The van der Waals surface area contributed by atoms with Crippen LogP contribution < -0.4 is 5.32 Å². The zero-order chi connectivity index (χ0) is 14.7. The zero-order valence-electron chi connectivity index (χ0n) is 12.1. The number of anilines is 1. The largest absolute Gasteiger partial charge is 0.373 e. The van der Waals surface area contributed by atoms with Crippen LogP contribution in [0.5, 0.6) is 0 Å². The van der Waals surface area contributed by atoms with Gasteiger partial charge in [0.25, 0.3) is 0 Å². The van der Waals surface area contributed by atoms with E-state index < -0.39 is 0 Å². The van der Waals surface area contributed by atoms with Gasteiger partial charge in [0.2, 0.25) is 0 Å². The number of hydrogen-bond donors (Lipinski definition) is 2. The molecule has 3 aromatic rings. The number of hydrogen-bond acceptors (Lipinski definition) is 5. The van der Waals surface area contributed by atoms with Crippen molar-refractivity contribution in [1.29, 1.82) is 0 Å². The quantitative estimate of drug-likeness (QED) is 0.706. The summed E-state index contributed by atoms with van der Waals surface area (Å²) in [6, 6.07) is 8.02. The fraction of sp³-hybridized carbons (Fsp3) is 0.267. The van der Waals surface area contributed by atoms with E-state index in [1.54, 1.807) is 18.1 Å². The van der Waals surface area contributed by atoms with Crippen LogP contribution in [0, 0.1) is 0 Å². The molecule has 2 N–H and O–H groups in total. The topological polar surface area (TPSA) is 66.5 Å². The van der Waals surface area contributed by atoms with Crippen molar-refractivity contribution in [1.82, 2.24) is 19.9 Å². The molecule has 21 heavy (non-hydrogen) atoms. The van der Waals surface area contributed by atoms with Crippen LogP contribution in [0.4, 0.5) is 5.82 Å². The van der Waals surface area contributed by atoms with E-state index in [0.29, 0.717) is 0 Å². The summed E-state index contributed by atoms with van der Waals surface area (Å²) in [5, 5.41) is 4.95. The van der Waals surface area contributed by atoms with Crippen LogP contribution in [0.15, 0.2) is 40.8 Å². The molecule has 3 rings (SSSR count). The maximum absolute atomic E-state index is 4.59. The highest BCUT2D eigenvalue weighted by Gasteiger charge is 2.13. The molecule has 0 unspecified atom stereocenters. The van der Waals surface area contributed by atoms with E-state index in [1.807, 2.05) is 31.3 Å². The van der Waals surface area contributed by atoms with Crippen molar-refractivity contribution in [3.63, 3.8) is 0 Å². The number of rotatable bonds is 5. The molecule has 0 radical (unpaired) electrons. The van der Waals surface area contributed by atoms with Gasteiger partial charge in [-0.2, -0.15) is 0 Å². The van der Waals surface area contributed by atoms with Gasteiger partial charge in [0.05, 0.1) is 11.0 Å². The molecular formula is C15H17N5S. The molecule has 0 saturated heterocycles. The predicted molar refractivity (Wildman–Crippen MR) is 85.8 cm³/mol. The molecule has 0 spiro atoms. The normalized spacial score (nSPS) is 11.0. The second-order valence-electron chi connectivity index (χ2n) is 4.67. The highest BCUT2D eigenvalue weighted by molar-refractivity contribution is 7.99. The molecular weight excluding hydrogens is 282 g/mol.